The van der Waals surface area contributed by atoms with Crippen LogP contribution in [0.15, 0.2) is 48.5 Å². The van der Waals surface area contributed by atoms with Crippen molar-refractivity contribution in [1.82, 2.24) is 0 Å². The van der Waals surface area contributed by atoms with Crippen LogP contribution in [0.3, 0.4) is 0 Å². The molecule has 0 atom stereocenters. The molecule has 94 valence electrons. The second-order valence-electron chi connectivity index (χ2n) is 4.37. The van der Waals surface area contributed by atoms with Gasteiger partial charge in [0, 0.05) is 23.7 Å². The highest BCUT2D eigenvalue weighted by atomic mass is 16.1. The summed E-state index contributed by atoms with van der Waals surface area (Å²) >= 11 is 0. The van der Waals surface area contributed by atoms with Crippen molar-refractivity contribution < 1.29 is 4.79 Å². The van der Waals surface area contributed by atoms with Crippen molar-refractivity contribution in [3.05, 3.63) is 65.2 Å². The number of hydrogen-bond acceptors (Lipinski definition) is 1. The number of benzene rings is 2. The Morgan fingerprint density at radius 3 is 1.84 bits per heavy atom. The number of rotatable bonds is 1. The van der Waals surface area contributed by atoms with Gasteiger partial charge in [-0.3, -0.25) is 4.79 Å². The fourth-order valence-corrected chi connectivity index (χ4v) is 1.62. The summed E-state index contributed by atoms with van der Waals surface area (Å²) in [4.78, 5) is 10.9. The Bertz CT molecular complexity index is 628. The third-order valence-electron chi connectivity index (χ3n) is 2.61. The summed E-state index contributed by atoms with van der Waals surface area (Å²) in [6.45, 7) is 3.54. The van der Waals surface area contributed by atoms with Crippen molar-refractivity contribution >= 4 is 11.6 Å². The maximum absolute atomic E-state index is 10.9. The molecule has 2 rings (SSSR count). The molecule has 1 amide bonds. The van der Waals surface area contributed by atoms with Crippen LogP contribution in [0.1, 0.15) is 23.6 Å². The van der Waals surface area contributed by atoms with E-state index < -0.39 is 0 Å². The summed E-state index contributed by atoms with van der Waals surface area (Å²) in [6.07, 6.45) is 0. The van der Waals surface area contributed by atoms with Gasteiger partial charge in [-0.05, 0) is 43.3 Å². The zero-order chi connectivity index (χ0) is 13.7. The fourth-order valence-electron chi connectivity index (χ4n) is 1.62. The van der Waals surface area contributed by atoms with Gasteiger partial charge in [0.2, 0.25) is 5.91 Å². The molecular weight excluding hydrogens is 234 g/mol. The molecule has 2 heteroatoms. The van der Waals surface area contributed by atoms with E-state index in [1.807, 2.05) is 48.5 Å². The quantitative estimate of drug-likeness (QED) is 0.771. The van der Waals surface area contributed by atoms with Gasteiger partial charge < -0.3 is 5.32 Å². The van der Waals surface area contributed by atoms with E-state index in [0.717, 1.165) is 16.8 Å². The van der Waals surface area contributed by atoms with Gasteiger partial charge in [-0.2, -0.15) is 0 Å². The molecule has 0 radical (unpaired) electrons. The molecule has 0 aliphatic carbocycles. The van der Waals surface area contributed by atoms with Crippen LogP contribution in [0.25, 0.3) is 0 Å². The molecule has 2 aromatic carbocycles. The van der Waals surface area contributed by atoms with E-state index >= 15 is 0 Å². The van der Waals surface area contributed by atoms with Crippen LogP contribution in [0, 0.1) is 18.8 Å². The van der Waals surface area contributed by atoms with Gasteiger partial charge in [0.05, 0.1) is 0 Å². The second-order valence-corrected chi connectivity index (χ2v) is 4.37. The normalized spacial score (nSPS) is 9.37. The minimum absolute atomic E-state index is 0.0708. The maximum Gasteiger partial charge on any atom is 0.221 e. The number of nitrogens with one attached hydrogen (secondary N) is 1. The van der Waals surface area contributed by atoms with Gasteiger partial charge in [0.15, 0.2) is 0 Å². The average molecular weight is 249 g/mol. The second kappa shape index (κ2) is 5.88. The van der Waals surface area contributed by atoms with Gasteiger partial charge in [0.25, 0.3) is 0 Å². The molecule has 0 spiro atoms. The predicted molar refractivity (Wildman–Crippen MR) is 77.9 cm³/mol. The topological polar surface area (TPSA) is 29.1 Å². The van der Waals surface area contributed by atoms with Crippen LogP contribution in [0.5, 0.6) is 0 Å². The van der Waals surface area contributed by atoms with Crippen molar-refractivity contribution in [3.63, 3.8) is 0 Å². The highest BCUT2D eigenvalue weighted by Crippen LogP contribution is 2.09. The molecule has 2 aromatic rings. The van der Waals surface area contributed by atoms with Gasteiger partial charge in [-0.1, -0.05) is 29.5 Å². The Labute approximate surface area is 113 Å². The summed E-state index contributed by atoms with van der Waals surface area (Å²) in [5, 5.41) is 2.72. The summed E-state index contributed by atoms with van der Waals surface area (Å²) in [6, 6.07) is 15.6. The van der Waals surface area contributed by atoms with E-state index in [0.29, 0.717) is 0 Å². The first-order chi connectivity index (χ1) is 9.13. The van der Waals surface area contributed by atoms with Gasteiger partial charge >= 0.3 is 0 Å². The minimum Gasteiger partial charge on any atom is -0.326 e. The van der Waals surface area contributed by atoms with Gasteiger partial charge in [-0.15, -0.1) is 0 Å². The van der Waals surface area contributed by atoms with Crippen molar-refractivity contribution in [2.75, 3.05) is 5.32 Å². The largest absolute Gasteiger partial charge is 0.326 e. The molecule has 1 N–H and O–H groups in total. The number of anilines is 1. The standard InChI is InChI=1S/C17H15NO/c1-13-3-5-15(6-4-13)7-8-16-9-11-17(12-10-16)18-14(2)19/h3-6,9-12H,1-2H3,(H,18,19). The molecule has 0 bridgehead atoms. The van der Waals surface area contributed by atoms with E-state index in [-0.39, 0.29) is 5.91 Å². The minimum atomic E-state index is -0.0708. The molecule has 0 fully saturated rings. The SMILES string of the molecule is CC(=O)Nc1ccc(C#Cc2ccc(C)cc2)cc1. The summed E-state index contributed by atoms with van der Waals surface area (Å²) in [7, 11) is 0. The highest BCUT2D eigenvalue weighted by molar-refractivity contribution is 5.88. The number of carbonyl (C=O) groups excluding carboxylic acids is 1. The van der Waals surface area contributed by atoms with Gasteiger partial charge in [-0.25, -0.2) is 0 Å². The van der Waals surface area contributed by atoms with Crippen LogP contribution < -0.4 is 5.32 Å². The molecule has 0 saturated heterocycles. The molecular formula is C17H15NO. The molecule has 0 aliphatic rings. The Morgan fingerprint density at radius 2 is 1.37 bits per heavy atom. The fraction of sp³-hybridized carbons (Fsp3) is 0.118. The lowest BCUT2D eigenvalue weighted by Gasteiger charge is -2.00. The Hall–Kier alpha value is -2.53. The molecule has 0 aliphatic heterocycles. The monoisotopic (exact) mass is 249 g/mol. The van der Waals surface area contributed by atoms with Crippen molar-refractivity contribution in [2.45, 2.75) is 13.8 Å². The third-order valence-corrected chi connectivity index (χ3v) is 2.61. The van der Waals surface area contributed by atoms with Crippen molar-refractivity contribution in [1.29, 1.82) is 0 Å². The molecule has 0 unspecified atom stereocenters. The maximum atomic E-state index is 10.9. The molecule has 0 aromatic heterocycles. The van der Waals surface area contributed by atoms with E-state index in [4.69, 9.17) is 0 Å². The lowest BCUT2D eigenvalue weighted by molar-refractivity contribution is -0.114. The number of amides is 1. The summed E-state index contributed by atoms with van der Waals surface area (Å²) in [5.74, 6) is 6.14. The number of carbonyl (C=O) groups is 1. The van der Waals surface area contributed by atoms with Crippen LogP contribution in [0.2, 0.25) is 0 Å². The average Bonchev–Trinajstić information content (AvgIpc) is 2.39. The van der Waals surface area contributed by atoms with Crippen LogP contribution in [0.4, 0.5) is 5.69 Å². The smallest absolute Gasteiger partial charge is 0.221 e. The predicted octanol–water partition coefficient (Wildman–Crippen LogP) is 3.35. The van der Waals surface area contributed by atoms with Gasteiger partial charge in [0.1, 0.15) is 0 Å². The zero-order valence-corrected chi connectivity index (χ0v) is 11.0. The zero-order valence-electron chi connectivity index (χ0n) is 11.0. The summed E-state index contributed by atoms with van der Waals surface area (Å²) in [5.41, 5.74) is 3.94. The Balaban J connectivity index is 2.11. The van der Waals surface area contributed by atoms with Crippen LogP contribution in [-0.4, -0.2) is 5.91 Å². The van der Waals surface area contributed by atoms with Crippen LogP contribution in [-0.2, 0) is 4.79 Å². The first kappa shape index (κ1) is 12.9. The van der Waals surface area contributed by atoms with E-state index in [9.17, 15) is 4.79 Å². The number of aryl methyl sites for hydroxylation is 1. The Kier molecular flexibility index (Phi) is 4.00. The third kappa shape index (κ3) is 4.01. The molecule has 0 heterocycles. The van der Waals surface area contributed by atoms with E-state index in [1.165, 1.54) is 12.5 Å². The molecule has 19 heavy (non-hydrogen) atoms. The molecule has 0 saturated carbocycles. The lowest BCUT2D eigenvalue weighted by atomic mass is 10.1. The first-order valence-electron chi connectivity index (χ1n) is 6.10. The molecule has 2 nitrogen and oxygen atoms in total. The van der Waals surface area contributed by atoms with Crippen molar-refractivity contribution in [2.24, 2.45) is 0 Å². The van der Waals surface area contributed by atoms with Crippen molar-refractivity contribution in [3.8, 4) is 11.8 Å². The highest BCUT2D eigenvalue weighted by Gasteiger charge is 1.94. The number of hydrogen-bond donors (Lipinski definition) is 1. The van der Waals surface area contributed by atoms with Crippen LogP contribution >= 0.6 is 0 Å². The van der Waals surface area contributed by atoms with E-state index in [2.05, 4.69) is 24.1 Å². The summed E-state index contributed by atoms with van der Waals surface area (Å²) < 4.78 is 0. The first-order valence-corrected chi connectivity index (χ1v) is 6.10. The lowest BCUT2D eigenvalue weighted by Crippen LogP contribution is -2.05. The van der Waals surface area contributed by atoms with E-state index in [1.54, 1.807) is 0 Å². The Morgan fingerprint density at radius 1 is 0.895 bits per heavy atom.